The summed E-state index contributed by atoms with van der Waals surface area (Å²) >= 11 is 3.44. The maximum Gasteiger partial charge on any atom is 0.348 e. The number of nitrogens with zero attached hydrogens (tertiary/aromatic N) is 1. The standard InChI is InChI=1S/C15H10BrNO3/c1-19-15(18)10(9-17)8-11-6-7-14(20-11)12-4-2-3-5-13(12)16/h2-8H,1H3/b10-8+. The van der Waals surface area contributed by atoms with Crippen molar-refractivity contribution in [3.63, 3.8) is 0 Å². The van der Waals surface area contributed by atoms with Crippen LogP contribution in [0.3, 0.4) is 0 Å². The Labute approximate surface area is 124 Å². The molecule has 0 bridgehead atoms. The van der Waals surface area contributed by atoms with E-state index in [1.54, 1.807) is 18.2 Å². The molecule has 0 N–H and O–H groups in total. The molecule has 0 aliphatic carbocycles. The summed E-state index contributed by atoms with van der Waals surface area (Å²) in [5.74, 6) is 0.370. The molecule has 0 amide bonds. The Morgan fingerprint density at radius 2 is 2.10 bits per heavy atom. The van der Waals surface area contributed by atoms with Gasteiger partial charge in [-0.3, -0.25) is 0 Å². The summed E-state index contributed by atoms with van der Waals surface area (Å²) in [6.45, 7) is 0. The second kappa shape index (κ2) is 6.22. The first-order chi connectivity index (χ1) is 9.65. The number of esters is 1. The van der Waals surface area contributed by atoms with Gasteiger partial charge in [-0.25, -0.2) is 4.79 Å². The Bertz CT molecular complexity index is 710. The summed E-state index contributed by atoms with van der Waals surface area (Å²) in [4.78, 5) is 11.3. The van der Waals surface area contributed by atoms with Crippen molar-refractivity contribution < 1.29 is 13.9 Å². The van der Waals surface area contributed by atoms with Gasteiger partial charge in [0.15, 0.2) is 0 Å². The molecule has 1 aromatic heterocycles. The molecule has 0 aliphatic heterocycles. The largest absolute Gasteiger partial charge is 0.465 e. The smallest absolute Gasteiger partial charge is 0.348 e. The van der Waals surface area contributed by atoms with Gasteiger partial charge in [0, 0.05) is 16.1 Å². The second-order valence-electron chi connectivity index (χ2n) is 3.84. The third-order valence-electron chi connectivity index (χ3n) is 2.58. The van der Waals surface area contributed by atoms with Crippen LogP contribution < -0.4 is 0 Å². The Morgan fingerprint density at radius 1 is 1.35 bits per heavy atom. The highest BCUT2D eigenvalue weighted by Gasteiger charge is 2.11. The number of hydrogen-bond donors (Lipinski definition) is 0. The van der Waals surface area contributed by atoms with Crippen molar-refractivity contribution in [2.24, 2.45) is 0 Å². The Kier molecular flexibility index (Phi) is 4.38. The number of carbonyl (C=O) groups is 1. The van der Waals surface area contributed by atoms with Crippen molar-refractivity contribution in [1.82, 2.24) is 0 Å². The maximum absolute atomic E-state index is 11.3. The van der Waals surface area contributed by atoms with Crippen LogP contribution in [0, 0.1) is 11.3 Å². The predicted octanol–water partition coefficient (Wildman–Crippen LogP) is 3.79. The predicted molar refractivity (Wildman–Crippen MR) is 77.5 cm³/mol. The lowest BCUT2D eigenvalue weighted by Gasteiger charge is -1.99. The van der Waals surface area contributed by atoms with Crippen LogP contribution in [0.4, 0.5) is 0 Å². The Hall–Kier alpha value is -2.32. The van der Waals surface area contributed by atoms with E-state index in [9.17, 15) is 4.79 Å². The topological polar surface area (TPSA) is 63.2 Å². The van der Waals surface area contributed by atoms with E-state index in [1.165, 1.54) is 13.2 Å². The van der Waals surface area contributed by atoms with E-state index in [2.05, 4.69) is 20.7 Å². The van der Waals surface area contributed by atoms with Gasteiger partial charge in [0.2, 0.25) is 0 Å². The molecule has 5 heteroatoms. The number of halogens is 1. The number of benzene rings is 1. The number of carbonyl (C=O) groups excluding carboxylic acids is 1. The molecule has 0 spiro atoms. The molecule has 1 aromatic carbocycles. The van der Waals surface area contributed by atoms with Crippen LogP contribution in [0.1, 0.15) is 5.76 Å². The zero-order valence-electron chi connectivity index (χ0n) is 10.6. The molecule has 0 unspecified atom stereocenters. The molecule has 0 atom stereocenters. The summed E-state index contributed by atoms with van der Waals surface area (Å²) in [6, 6.07) is 12.9. The van der Waals surface area contributed by atoms with Crippen molar-refractivity contribution in [2.45, 2.75) is 0 Å². The van der Waals surface area contributed by atoms with Crippen molar-refractivity contribution in [2.75, 3.05) is 7.11 Å². The number of nitriles is 1. The van der Waals surface area contributed by atoms with Crippen LogP contribution in [-0.2, 0) is 9.53 Å². The van der Waals surface area contributed by atoms with Gasteiger partial charge < -0.3 is 9.15 Å². The molecule has 100 valence electrons. The second-order valence-corrected chi connectivity index (χ2v) is 4.70. The Morgan fingerprint density at radius 3 is 2.75 bits per heavy atom. The number of hydrogen-bond acceptors (Lipinski definition) is 4. The van der Waals surface area contributed by atoms with Crippen molar-refractivity contribution >= 4 is 28.0 Å². The van der Waals surface area contributed by atoms with Crippen LogP contribution in [0.15, 0.2) is 50.9 Å². The molecule has 0 aliphatic rings. The molecule has 4 nitrogen and oxygen atoms in total. The minimum absolute atomic E-state index is 0.111. The summed E-state index contributed by atoms with van der Waals surface area (Å²) in [7, 11) is 1.22. The lowest BCUT2D eigenvalue weighted by atomic mass is 10.2. The maximum atomic E-state index is 11.3. The minimum atomic E-state index is -0.689. The van der Waals surface area contributed by atoms with Crippen molar-refractivity contribution in [3.05, 3.63) is 52.2 Å². The number of furan rings is 1. The molecule has 0 radical (unpaired) electrons. The van der Waals surface area contributed by atoms with Gasteiger partial charge >= 0.3 is 5.97 Å². The Balaban J connectivity index is 2.35. The van der Waals surface area contributed by atoms with Crippen molar-refractivity contribution in [3.8, 4) is 17.4 Å². The van der Waals surface area contributed by atoms with E-state index in [0.717, 1.165) is 10.0 Å². The van der Waals surface area contributed by atoms with Crippen LogP contribution in [0.5, 0.6) is 0 Å². The summed E-state index contributed by atoms with van der Waals surface area (Å²) in [6.07, 6.45) is 1.35. The van der Waals surface area contributed by atoms with Crippen LogP contribution in [-0.4, -0.2) is 13.1 Å². The van der Waals surface area contributed by atoms with Gasteiger partial charge in [-0.15, -0.1) is 0 Å². The van der Waals surface area contributed by atoms with E-state index in [4.69, 9.17) is 9.68 Å². The van der Waals surface area contributed by atoms with Gasteiger partial charge in [0.25, 0.3) is 0 Å². The zero-order valence-corrected chi connectivity index (χ0v) is 12.2. The molecule has 2 rings (SSSR count). The summed E-state index contributed by atoms with van der Waals surface area (Å²) in [5.41, 5.74) is 0.782. The highest BCUT2D eigenvalue weighted by Crippen LogP contribution is 2.29. The third-order valence-corrected chi connectivity index (χ3v) is 3.27. The molecule has 1 heterocycles. The lowest BCUT2D eigenvalue weighted by Crippen LogP contribution is -2.02. The average Bonchev–Trinajstić information content (AvgIpc) is 2.92. The van der Waals surface area contributed by atoms with Gasteiger partial charge in [-0.2, -0.15) is 5.26 Å². The highest BCUT2D eigenvalue weighted by atomic mass is 79.9. The van der Waals surface area contributed by atoms with E-state index in [1.807, 2.05) is 24.3 Å². The molecule has 0 fully saturated rings. The average molecular weight is 332 g/mol. The molecule has 20 heavy (non-hydrogen) atoms. The number of rotatable bonds is 3. The fraction of sp³-hybridized carbons (Fsp3) is 0.0667. The first kappa shape index (κ1) is 14.1. The fourth-order valence-corrected chi connectivity index (χ4v) is 2.11. The summed E-state index contributed by atoms with van der Waals surface area (Å²) in [5, 5.41) is 8.89. The molecule has 0 saturated heterocycles. The minimum Gasteiger partial charge on any atom is -0.465 e. The monoisotopic (exact) mass is 331 g/mol. The first-order valence-corrected chi connectivity index (χ1v) is 6.50. The molecular weight excluding hydrogens is 322 g/mol. The molecular formula is C15H10BrNO3. The molecule has 2 aromatic rings. The molecule has 0 saturated carbocycles. The van der Waals surface area contributed by atoms with Crippen LogP contribution in [0.25, 0.3) is 17.4 Å². The van der Waals surface area contributed by atoms with E-state index >= 15 is 0 Å². The van der Waals surface area contributed by atoms with Gasteiger partial charge in [-0.1, -0.05) is 34.1 Å². The van der Waals surface area contributed by atoms with Crippen LogP contribution in [0.2, 0.25) is 0 Å². The van der Waals surface area contributed by atoms with E-state index < -0.39 is 5.97 Å². The fourth-order valence-electron chi connectivity index (χ4n) is 1.63. The van der Waals surface area contributed by atoms with E-state index in [-0.39, 0.29) is 5.57 Å². The van der Waals surface area contributed by atoms with Gasteiger partial charge in [-0.05, 0) is 18.2 Å². The van der Waals surface area contributed by atoms with E-state index in [0.29, 0.717) is 11.5 Å². The zero-order chi connectivity index (χ0) is 14.5. The number of ether oxygens (including phenoxy) is 1. The van der Waals surface area contributed by atoms with Crippen molar-refractivity contribution in [1.29, 1.82) is 5.26 Å². The van der Waals surface area contributed by atoms with Crippen LogP contribution >= 0.6 is 15.9 Å². The lowest BCUT2D eigenvalue weighted by molar-refractivity contribution is -0.135. The van der Waals surface area contributed by atoms with Gasteiger partial charge in [0.1, 0.15) is 23.2 Å². The highest BCUT2D eigenvalue weighted by molar-refractivity contribution is 9.10. The SMILES string of the molecule is COC(=O)/C(C#N)=C/c1ccc(-c2ccccc2Br)o1. The first-order valence-electron chi connectivity index (χ1n) is 5.70. The number of methoxy groups -OCH3 is 1. The normalized spacial score (nSPS) is 10.9. The summed E-state index contributed by atoms with van der Waals surface area (Å²) < 4.78 is 11.0. The third kappa shape index (κ3) is 2.98. The van der Waals surface area contributed by atoms with Gasteiger partial charge in [0.05, 0.1) is 7.11 Å². The quantitative estimate of drug-likeness (QED) is 0.487.